The summed E-state index contributed by atoms with van der Waals surface area (Å²) in [6.45, 7) is 11.7. The lowest BCUT2D eigenvalue weighted by Crippen LogP contribution is -2.28. The number of carbonyl (C=O) groups is 1. The molecule has 0 aliphatic rings. The van der Waals surface area contributed by atoms with E-state index in [1.165, 1.54) is 11.1 Å². The molecule has 3 nitrogen and oxygen atoms in total. The van der Waals surface area contributed by atoms with Gasteiger partial charge in [0, 0.05) is 5.69 Å². The normalized spacial score (nSPS) is 11.8. The van der Waals surface area contributed by atoms with E-state index in [9.17, 15) is 4.79 Å². The van der Waals surface area contributed by atoms with Gasteiger partial charge in [0.25, 0.3) is 0 Å². The number of rotatable bonds is 5. The number of hydrogen-bond donors (Lipinski definition) is 1. The average Bonchev–Trinajstić information content (AvgIpc) is 2.32. The van der Waals surface area contributed by atoms with Crippen LogP contribution >= 0.6 is 0 Å². The van der Waals surface area contributed by atoms with E-state index < -0.39 is 0 Å². The van der Waals surface area contributed by atoms with Crippen LogP contribution < -0.4 is 5.32 Å². The number of nitrogens with one attached hydrogen (secondary N) is 1. The topological polar surface area (TPSA) is 38.3 Å². The molecule has 1 aromatic rings. The molecular weight excluding hydrogens is 226 g/mol. The number of hydrogen-bond acceptors (Lipinski definition) is 3. The average molecular weight is 247 g/mol. The highest BCUT2D eigenvalue weighted by Gasteiger charge is 2.14. The Morgan fingerprint density at radius 1 is 1.33 bits per heavy atom. The van der Waals surface area contributed by atoms with Crippen molar-refractivity contribution in [3.8, 4) is 0 Å². The van der Waals surface area contributed by atoms with Gasteiger partial charge in [0.2, 0.25) is 0 Å². The van der Waals surface area contributed by atoms with Crippen molar-refractivity contribution < 1.29 is 9.53 Å². The van der Waals surface area contributed by atoms with Crippen molar-refractivity contribution in [2.75, 3.05) is 11.9 Å². The second-order valence-corrected chi connectivity index (χ2v) is 4.54. The molecule has 0 aliphatic carbocycles. The number of aryl methyl sites for hydroxylation is 3. The van der Waals surface area contributed by atoms with Crippen molar-refractivity contribution in [1.29, 1.82) is 0 Å². The maximum absolute atomic E-state index is 11.6. The highest BCUT2D eigenvalue weighted by molar-refractivity contribution is 5.79. The molecule has 0 amide bonds. The summed E-state index contributed by atoms with van der Waals surface area (Å²) in [6.07, 6.45) is 1.56. The summed E-state index contributed by atoms with van der Waals surface area (Å²) < 4.78 is 5.00. The van der Waals surface area contributed by atoms with Crippen LogP contribution in [-0.4, -0.2) is 18.6 Å². The Morgan fingerprint density at radius 2 is 1.94 bits per heavy atom. The van der Waals surface area contributed by atoms with Crippen molar-refractivity contribution in [3.63, 3.8) is 0 Å². The number of ether oxygens (including phenoxy) is 1. The summed E-state index contributed by atoms with van der Waals surface area (Å²) >= 11 is 0. The first-order chi connectivity index (χ1) is 8.45. The van der Waals surface area contributed by atoms with Crippen molar-refractivity contribution in [2.24, 2.45) is 0 Å². The minimum atomic E-state index is -0.370. The van der Waals surface area contributed by atoms with E-state index in [4.69, 9.17) is 4.74 Å². The first kappa shape index (κ1) is 14.3. The summed E-state index contributed by atoms with van der Waals surface area (Å²) in [4.78, 5) is 11.6. The number of carbonyl (C=O) groups excluding carboxylic acids is 1. The molecule has 3 heteroatoms. The maximum Gasteiger partial charge on any atom is 0.328 e. The molecule has 98 valence electrons. The van der Waals surface area contributed by atoms with E-state index in [1.54, 1.807) is 13.0 Å². The quantitative estimate of drug-likeness (QED) is 0.641. The van der Waals surface area contributed by atoms with Crippen LogP contribution in [-0.2, 0) is 9.53 Å². The second-order valence-electron chi connectivity index (χ2n) is 4.54. The Kier molecular flexibility index (Phi) is 4.95. The van der Waals surface area contributed by atoms with E-state index in [0.29, 0.717) is 0 Å². The third kappa shape index (κ3) is 3.62. The van der Waals surface area contributed by atoms with Crippen LogP contribution in [0.1, 0.15) is 23.6 Å². The SMILES string of the molecule is C=CCOC(=O)[C@H](C)Nc1cc(C)c(C)cc1C. The molecule has 18 heavy (non-hydrogen) atoms. The molecule has 1 aromatic carbocycles. The van der Waals surface area contributed by atoms with Crippen LogP contribution in [0.2, 0.25) is 0 Å². The van der Waals surface area contributed by atoms with Gasteiger partial charge in [-0.05, 0) is 50.5 Å². The summed E-state index contributed by atoms with van der Waals surface area (Å²) in [5.41, 5.74) is 4.55. The van der Waals surface area contributed by atoms with Crippen molar-refractivity contribution in [1.82, 2.24) is 0 Å². The molecule has 0 unspecified atom stereocenters. The Morgan fingerprint density at radius 3 is 2.56 bits per heavy atom. The minimum Gasteiger partial charge on any atom is -0.460 e. The van der Waals surface area contributed by atoms with Gasteiger partial charge >= 0.3 is 5.97 Å². The summed E-state index contributed by atoms with van der Waals surface area (Å²) in [5.74, 6) is -0.271. The van der Waals surface area contributed by atoms with E-state index in [-0.39, 0.29) is 18.6 Å². The highest BCUT2D eigenvalue weighted by Crippen LogP contribution is 2.20. The van der Waals surface area contributed by atoms with Gasteiger partial charge in [0.1, 0.15) is 12.6 Å². The molecule has 0 bridgehead atoms. The highest BCUT2D eigenvalue weighted by atomic mass is 16.5. The minimum absolute atomic E-state index is 0.247. The fourth-order valence-corrected chi connectivity index (χ4v) is 1.67. The largest absolute Gasteiger partial charge is 0.460 e. The molecule has 0 spiro atoms. The summed E-state index contributed by atoms with van der Waals surface area (Å²) in [5, 5.41) is 3.18. The molecule has 0 aromatic heterocycles. The standard InChI is InChI=1S/C15H21NO2/c1-6-7-18-15(17)13(5)16-14-9-11(3)10(2)8-12(14)4/h6,8-9,13,16H,1,7H2,2-5H3/t13-/m0/s1. The van der Waals surface area contributed by atoms with Gasteiger partial charge in [-0.25, -0.2) is 4.79 Å². The Hall–Kier alpha value is -1.77. The van der Waals surface area contributed by atoms with Gasteiger partial charge in [-0.15, -0.1) is 0 Å². The zero-order valence-electron chi connectivity index (χ0n) is 11.5. The second kappa shape index (κ2) is 6.24. The Bertz CT molecular complexity index is 452. The van der Waals surface area contributed by atoms with Gasteiger partial charge in [-0.2, -0.15) is 0 Å². The van der Waals surface area contributed by atoms with Crippen LogP contribution in [0, 0.1) is 20.8 Å². The van der Waals surface area contributed by atoms with Gasteiger partial charge in [0.05, 0.1) is 0 Å². The molecule has 1 N–H and O–H groups in total. The predicted octanol–water partition coefficient (Wildman–Crippen LogP) is 3.14. The molecule has 0 radical (unpaired) electrons. The Labute approximate surface area is 109 Å². The molecule has 1 atom stereocenters. The fraction of sp³-hybridized carbons (Fsp3) is 0.400. The third-order valence-electron chi connectivity index (χ3n) is 2.91. The zero-order valence-corrected chi connectivity index (χ0v) is 11.5. The van der Waals surface area contributed by atoms with E-state index >= 15 is 0 Å². The first-order valence-electron chi connectivity index (χ1n) is 6.07. The molecule has 1 rings (SSSR count). The summed E-state index contributed by atoms with van der Waals surface area (Å²) in [7, 11) is 0. The number of benzene rings is 1. The van der Waals surface area contributed by atoms with Crippen LogP contribution in [0.3, 0.4) is 0 Å². The maximum atomic E-state index is 11.6. The molecule has 0 saturated carbocycles. The molecule has 0 heterocycles. The van der Waals surface area contributed by atoms with Crippen LogP contribution in [0.5, 0.6) is 0 Å². The van der Waals surface area contributed by atoms with Crippen LogP contribution in [0.25, 0.3) is 0 Å². The van der Waals surface area contributed by atoms with Gasteiger partial charge in [0.15, 0.2) is 0 Å². The first-order valence-corrected chi connectivity index (χ1v) is 6.07. The molecule has 0 aliphatic heterocycles. The van der Waals surface area contributed by atoms with E-state index in [1.807, 2.05) is 6.92 Å². The smallest absolute Gasteiger partial charge is 0.328 e. The van der Waals surface area contributed by atoms with Crippen molar-refractivity contribution in [3.05, 3.63) is 41.5 Å². The molecule has 0 saturated heterocycles. The van der Waals surface area contributed by atoms with Crippen LogP contribution in [0.4, 0.5) is 5.69 Å². The Balaban J connectivity index is 2.75. The number of esters is 1. The fourth-order valence-electron chi connectivity index (χ4n) is 1.67. The monoisotopic (exact) mass is 247 g/mol. The van der Waals surface area contributed by atoms with Crippen molar-refractivity contribution in [2.45, 2.75) is 33.7 Å². The van der Waals surface area contributed by atoms with E-state index in [0.717, 1.165) is 11.3 Å². The van der Waals surface area contributed by atoms with E-state index in [2.05, 4.69) is 37.9 Å². The third-order valence-corrected chi connectivity index (χ3v) is 2.91. The van der Waals surface area contributed by atoms with Gasteiger partial charge in [-0.3, -0.25) is 0 Å². The van der Waals surface area contributed by atoms with Crippen LogP contribution in [0.15, 0.2) is 24.8 Å². The van der Waals surface area contributed by atoms with Crippen molar-refractivity contribution >= 4 is 11.7 Å². The number of anilines is 1. The molecular formula is C15H21NO2. The lowest BCUT2D eigenvalue weighted by molar-refractivity contribution is -0.142. The lowest BCUT2D eigenvalue weighted by atomic mass is 10.0. The zero-order chi connectivity index (χ0) is 13.7. The molecule has 0 fully saturated rings. The van der Waals surface area contributed by atoms with Gasteiger partial charge < -0.3 is 10.1 Å². The lowest BCUT2D eigenvalue weighted by Gasteiger charge is -2.17. The summed E-state index contributed by atoms with van der Waals surface area (Å²) in [6, 6.07) is 3.80. The van der Waals surface area contributed by atoms with Gasteiger partial charge in [-0.1, -0.05) is 18.7 Å². The predicted molar refractivity (Wildman–Crippen MR) is 74.9 cm³/mol.